The van der Waals surface area contributed by atoms with E-state index in [9.17, 15) is 9.59 Å². The first-order valence-electron chi connectivity index (χ1n) is 15.1. The van der Waals surface area contributed by atoms with E-state index < -0.39 is 12.0 Å². The van der Waals surface area contributed by atoms with Gasteiger partial charge < -0.3 is 18.9 Å². The number of aromatic nitrogens is 1. The maximum absolute atomic E-state index is 14.1. The van der Waals surface area contributed by atoms with Crippen molar-refractivity contribution in [2.24, 2.45) is 4.99 Å². The summed E-state index contributed by atoms with van der Waals surface area (Å²) in [5, 5.41) is 0. The highest BCUT2D eigenvalue weighted by atomic mass is 79.9. The Morgan fingerprint density at radius 3 is 2.33 bits per heavy atom. The van der Waals surface area contributed by atoms with E-state index in [2.05, 4.69) is 53.8 Å². The normalized spacial score (nSPS) is 14.5. The molecule has 0 bridgehead atoms. The Hall–Kier alpha value is -4.15. The third-order valence-corrected chi connectivity index (χ3v) is 9.39. The van der Waals surface area contributed by atoms with Gasteiger partial charge >= 0.3 is 5.97 Å². The Labute approximate surface area is 280 Å². The standard InChI is InChI=1S/C36H37BrN2O6S/c1-8-43-30-16-24(10-12-29(30)45-19-26-21(4)14-20(3)15-22(26)5)17-31-34(40)39-33(25-11-13-28(42-7)27(37)18-25)32(35(41)44-9-2)23(6)38-36(39)46-31/h10-18,33H,8-9,19H2,1-7H3/b31-17+/t33-/m0/s1. The van der Waals surface area contributed by atoms with Crippen molar-refractivity contribution in [1.82, 2.24) is 4.57 Å². The Morgan fingerprint density at radius 2 is 1.67 bits per heavy atom. The summed E-state index contributed by atoms with van der Waals surface area (Å²) in [5.74, 6) is 1.34. The van der Waals surface area contributed by atoms with Crippen LogP contribution in [-0.4, -0.2) is 30.9 Å². The number of halogens is 1. The number of ether oxygens (including phenoxy) is 4. The number of hydrogen-bond acceptors (Lipinski definition) is 8. The molecule has 1 aliphatic rings. The molecule has 4 aromatic rings. The third-order valence-electron chi connectivity index (χ3n) is 7.79. The zero-order valence-electron chi connectivity index (χ0n) is 27.0. The molecule has 3 aromatic carbocycles. The summed E-state index contributed by atoms with van der Waals surface area (Å²) in [6, 6.07) is 14.7. The fourth-order valence-electron chi connectivity index (χ4n) is 5.70. The molecule has 1 atom stereocenters. The van der Waals surface area contributed by atoms with Crippen LogP contribution in [-0.2, 0) is 16.1 Å². The van der Waals surface area contributed by atoms with Crippen molar-refractivity contribution in [2.45, 2.75) is 54.2 Å². The van der Waals surface area contributed by atoms with Gasteiger partial charge in [-0.3, -0.25) is 9.36 Å². The molecule has 10 heteroatoms. The minimum absolute atomic E-state index is 0.200. The molecule has 0 amide bonds. The lowest BCUT2D eigenvalue weighted by molar-refractivity contribution is -0.139. The summed E-state index contributed by atoms with van der Waals surface area (Å²) >= 11 is 4.82. The van der Waals surface area contributed by atoms with Gasteiger partial charge in [-0.2, -0.15) is 0 Å². The third kappa shape index (κ3) is 6.69. The second-order valence-corrected chi connectivity index (χ2v) is 12.9. The second-order valence-electron chi connectivity index (χ2n) is 11.0. The molecule has 240 valence electrons. The summed E-state index contributed by atoms with van der Waals surface area (Å²) in [6.45, 7) is 12.8. The van der Waals surface area contributed by atoms with Crippen LogP contribution in [0.3, 0.4) is 0 Å². The lowest BCUT2D eigenvalue weighted by atomic mass is 9.96. The highest BCUT2D eigenvalue weighted by Crippen LogP contribution is 2.35. The predicted octanol–water partition coefficient (Wildman–Crippen LogP) is 6.47. The van der Waals surface area contributed by atoms with E-state index in [0.717, 1.165) is 16.7 Å². The highest BCUT2D eigenvalue weighted by molar-refractivity contribution is 9.10. The predicted molar refractivity (Wildman–Crippen MR) is 184 cm³/mol. The van der Waals surface area contributed by atoms with Gasteiger partial charge in [0, 0.05) is 0 Å². The van der Waals surface area contributed by atoms with E-state index in [0.29, 0.717) is 55.5 Å². The number of rotatable bonds is 10. The lowest BCUT2D eigenvalue weighted by Gasteiger charge is -2.25. The smallest absolute Gasteiger partial charge is 0.338 e. The van der Waals surface area contributed by atoms with E-state index in [1.54, 1.807) is 31.6 Å². The Morgan fingerprint density at radius 1 is 0.957 bits per heavy atom. The summed E-state index contributed by atoms with van der Waals surface area (Å²) in [5.41, 5.74) is 6.78. The Bertz CT molecular complexity index is 2000. The number of allylic oxidation sites excluding steroid dienone is 1. The molecule has 1 aliphatic heterocycles. The number of esters is 1. The monoisotopic (exact) mass is 704 g/mol. The molecule has 0 radical (unpaired) electrons. The maximum atomic E-state index is 14.1. The number of methoxy groups -OCH3 is 1. The summed E-state index contributed by atoms with van der Waals surface area (Å²) in [6.07, 6.45) is 1.81. The van der Waals surface area contributed by atoms with Gasteiger partial charge in [0.2, 0.25) is 0 Å². The molecule has 0 N–H and O–H groups in total. The van der Waals surface area contributed by atoms with E-state index in [1.165, 1.54) is 28.0 Å². The van der Waals surface area contributed by atoms with Crippen LogP contribution in [0.2, 0.25) is 0 Å². The van der Waals surface area contributed by atoms with Gasteiger partial charge in [-0.15, -0.1) is 0 Å². The number of benzene rings is 3. The van der Waals surface area contributed by atoms with Crippen LogP contribution in [0.5, 0.6) is 17.2 Å². The highest BCUT2D eigenvalue weighted by Gasteiger charge is 2.33. The van der Waals surface area contributed by atoms with Crippen molar-refractivity contribution < 1.29 is 23.7 Å². The summed E-state index contributed by atoms with van der Waals surface area (Å²) in [4.78, 5) is 32.5. The quantitative estimate of drug-likeness (QED) is 0.176. The maximum Gasteiger partial charge on any atom is 0.338 e. The van der Waals surface area contributed by atoms with Crippen LogP contribution < -0.4 is 29.1 Å². The molecule has 0 saturated carbocycles. The van der Waals surface area contributed by atoms with Gasteiger partial charge in [0.1, 0.15) is 12.4 Å². The molecule has 0 fully saturated rings. The van der Waals surface area contributed by atoms with Crippen LogP contribution in [0.4, 0.5) is 0 Å². The SMILES string of the molecule is CCOC(=O)C1=C(C)N=c2s/c(=C/c3ccc(OCc4c(C)cc(C)cc4C)c(OCC)c3)c(=O)n2[C@H]1c1ccc(OC)c(Br)c1. The molecule has 0 aliphatic carbocycles. The number of carbonyl (C=O) groups excluding carboxylic acids is 1. The molecule has 46 heavy (non-hydrogen) atoms. The number of carbonyl (C=O) groups is 1. The molecule has 0 saturated heterocycles. The van der Waals surface area contributed by atoms with Crippen LogP contribution >= 0.6 is 27.3 Å². The Balaban J connectivity index is 1.56. The van der Waals surface area contributed by atoms with Crippen molar-refractivity contribution in [3.63, 3.8) is 0 Å². The van der Waals surface area contributed by atoms with Gasteiger partial charge in [-0.05, 0) is 116 Å². The minimum atomic E-state index is -0.733. The minimum Gasteiger partial charge on any atom is -0.496 e. The fourth-order valence-corrected chi connectivity index (χ4v) is 7.31. The number of aryl methyl sites for hydroxylation is 3. The first kappa shape index (κ1) is 33.2. The number of hydrogen-bond donors (Lipinski definition) is 0. The van der Waals surface area contributed by atoms with Gasteiger partial charge in [0.25, 0.3) is 5.56 Å². The van der Waals surface area contributed by atoms with Crippen LogP contribution in [0.1, 0.15) is 60.2 Å². The molecule has 8 nitrogen and oxygen atoms in total. The molecule has 2 heterocycles. The molecule has 0 unspecified atom stereocenters. The largest absolute Gasteiger partial charge is 0.496 e. The van der Waals surface area contributed by atoms with Crippen molar-refractivity contribution in [2.75, 3.05) is 20.3 Å². The van der Waals surface area contributed by atoms with Gasteiger partial charge in [-0.1, -0.05) is 41.2 Å². The molecule has 1 aromatic heterocycles. The van der Waals surface area contributed by atoms with Crippen LogP contribution in [0, 0.1) is 20.8 Å². The first-order valence-corrected chi connectivity index (χ1v) is 16.7. The summed E-state index contributed by atoms with van der Waals surface area (Å²) < 4.78 is 25.8. The van der Waals surface area contributed by atoms with Crippen LogP contribution in [0.25, 0.3) is 6.08 Å². The number of fused-ring (bicyclic) bond motifs is 1. The topological polar surface area (TPSA) is 88.4 Å². The average Bonchev–Trinajstić information content (AvgIpc) is 3.30. The number of thiazole rings is 1. The van der Waals surface area contributed by atoms with Gasteiger partial charge in [0.15, 0.2) is 16.3 Å². The second kappa shape index (κ2) is 14.1. The van der Waals surface area contributed by atoms with Gasteiger partial charge in [-0.25, -0.2) is 9.79 Å². The zero-order chi connectivity index (χ0) is 33.1. The fraction of sp³-hybridized carbons (Fsp3) is 0.306. The zero-order valence-corrected chi connectivity index (χ0v) is 29.4. The lowest BCUT2D eigenvalue weighted by Crippen LogP contribution is -2.39. The summed E-state index contributed by atoms with van der Waals surface area (Å²) in [7, 11) is 1.58. The molecular weight excluding hydrogens is 668 g/mol. The first-order chi connectivity index (χ1) is 22.1. The van der Waals surface area contributed by atoms with Crippen molar-refractivity contribution in [1.29, 1.82) is 0 Å². The molecule has 0 spiro atoms. The molecular formula is C36H37BrN2O6S. The van der Waals surface area contributed by atoms with E-state index >= 15 is 0 Å². The van der Waals surface area contributed by atoms with Crippen LogP contribution in [0.15, 0.2) is 74.1 Å². The van der Waals surface area contributed by atoms with Gasteiger partial charge in [0.05, 0.1) is 46.6 Å². The molecule has 5 rings (SSSR count). The van der Waals surface area contributed by atoms with E-state index in [1.807, 2.05) is 43.3 Å². The van der Waals surface area contributed by atoms with E-state index in [4.69, 9.17) is 18.9 Å². The van der Waals surface area contributed by atoms with E-state index in [-0.39, 0.29) is 12.2 Å². The Kier molecular flexibility index (Phi) is 10.2. The number of nitrogens with zero attached hydrogens (tertiary/aromatic N) is 2. The van der Waals surface area contributed by atoms with Crippen molar-refractivity contribution >= 4 is 39.3 Å². The van der Waals surface area contributed by atoms with Crippen molar-refractivity contribution in [3.05, 3.63) is 117 Å². The average molecular weight is 706 g/mol. The van der Waals surface area contributed by atoms with Crippen molar-refractivity contribution in [3.8, 4) is 17.2 Å².